The van der Waals surface area contributed by atoms with Crippen LogP contribution in [0, 0.1) is 0 Å². The van der Waals surface area contributed by atoms with E-state index in [0.29, 0.717) is 12.2 Å². The van der Waals surface area contributed by atoms with Crippen molar-refractivity contribution in [3.05, 3.63) is 35.4 Å². The van der Waals surface area contributed by atoms with E-state index in [4.69, 9.17) is 27.9 Å². The van der Waals surface area contributed by atoms with Crippen LogP contribution in [0.15, 0.2) is 24.3 Å². The van der Waals surface area contributed by atoms with Gasteiger partial charge in [-0.25, -0.2) is 0 Å². The Morgan fingerprint density at radius 1 is 1.43 bits per heavy atom. The lowest BCUT2D eigenvalue weighted by atomic mass is 10.1. The number of alkyl halides is 2. The monoisotopic (exact) mass is 234 g/mol. The molecule has 1 aromatic carbocycles. The normalized spacial score (nSPS) is 13.2. The van der Waals surface area contributed by atoms with Crippen LogP contribution < -0.4 is 0 Å². The molecule has 0 heterocycles. The summed E-state index contributed by atoms with van der Waals surface area (Å²) in [5.74, 6) is 0. The quantitative estimate of drug-likeness (QED) is 0.813. The summed E-state index contributed by atoms with van der Waals surface area (Å²) < 4.78 is 4.98. The van der Waals surface area contributed by atoms with Crippen molar-refractivity contribution < 1.29 is 9.84 Å². The SMILES string of the molecule is COCc1cccc(C(O)C(Cl)Cl)c1. The third-order valence-electron chi connectivity index (χ3n) is 1.84. The number of benzene rings is 1. The molecule has 4 heteroatoms. The zero-order chi connectivity index (χ0) is 10.6. The van der Waals surface area contributed by atoms with Crippen LogP contribution in [-0.4, -0.2) is 17.1 Å². The molecular weight excluding hydrogens is 223 g/mol. The minimum atomic E-state index is -0.852. The van der Waals surface area contributed by atoms with Crippen LogP contribution in [-0.2, 0) is 11.3 Å². The van der Waals surface area contributed by atoms with Crippen LogP contribution >= 0.6 is 23.2 Å². The van der Waals surface area contributed by atoms with Crippen LogP contribution in [0.1, 0.15) is 17.2 Å². The van der Waals surface area contributed by atoms with E-state index in [0.717, 1.165) is 5.56 Å². The molecule has 78 valence electrons. The van der Waals surface area contributed by atoms with E-state index in [9.17, 15) is 5.11 Å². The number of halogens is 2. The predicted octanol–water partition coefficient (Wildman–Crippen LogP) is 2.67. The largest absolute Gasteiger partial charge is 0.386 e. The summed E-state index contributed by atoms with van der Waals surface area (Å²) in [6.07, 6.45) is -0.852. The van der Waals surface area contributed by atoms with Gasteiger partial charge in [0.2, 0.25) is 0 Å². The number of aliphatic hydroxyl groups is 1. The van der Waals surface area contributed by atoms with Gasteiger partial charge >= 0.3 is 0 Å². The maximum absolute atomic E-state index is 9.59. The molecule has 1 atom stereocenters. The molecule has 0 saturated heterocycles. The van der Waals surface area contributed by atoms with Gasteiger partial charge in [0.05, 0.1) is 6.61 Å². The Balaban J connectivity index is 2.82. The first-order chi connectivity index (χ1) is 6.65. The van der Waals surface area contributed by atoms with E-state index >= 15 is 0 Å². The van der Waals surface area contributed by atoms with Gasteiger partial charge in [-0.05, 0) is 11.1 Å². The highest BCUT2D eigenvalue weighted by molar-refractivity contribution is 6.44. The van der Waals surface area contributed by atoms with Gasteiger partial charge in [0.1, 0.15) is 10.9 Å². The van der Waals surface area contributed by atoms with Gasteiger partial charge in [0, 0.05) is 7.11 Å². The first-order valence-corrected chi connectivity index (χ1v) is 5.06. The van der Waals surface area contributed by atoms with Crippen molar-refractivity contribution in [2.75, 3.05) is 7.11 Å². The van der Waals surface area contributed by atoms with Crippen molar-refractivity contribution >= 4 is 23.2 Å². The second-order valence-corrected chi connectivity index (χ2v) is 4.12. The van der Waals surface area contributed by atoms with Gasteiger partial charge < -0.3 is 9.84 Å². The average molecular weight is 235 g/mol. The Hall–Kier alpha value is -0.280. The smallest absolute Gasteiger partial charge is 0.137 e. The maximum Gasteiger partial charge on any atom is 0.137 e. The Kier molecular flexibility index (Phi) is 4.69. The van der Waals surface area contributed by atoms with Gasteiger partial charge in [-0.1, -0.05) is 24.3 Å². The zero-order valence-electron chi connectivity index (χ0n) is 7.78. The van der Waals surface area contributed by atoms with Crippen molar-refractivity contribution in [3.63, 3.8) is 0 Å². The topological polar surface area (TPSA) is 29.5 Å². The fourth-order valence-corrected chi connectivity index (χ4v) is 1.47. The van der Waals surface area contributed by atoms with Crippen molar-refractivity contribution in [1.82, 2.24) is 0 Å². The number of hydrogen-bond acceptors (Lipinski definition) is 2. The summed E-state index contributed by atoms with van der Waals surface area (Å²) in [6.45, 7) is 0.510. The molecule has 14 heavy (non-hydrogen) atoms. The molecular formula is C10H12Cl2O2. The first-order valence-electron chi connectivity index (χ1n) is 4.19. The van der Waals surface area contributed by atoms with E-state index in [1.54, 1.807) is 13.2 Å². The molecule has 0 bridgehead atoms. The Morgan fingerprint density at radius 3 is 2.71 bits per heavy atom. The highest BCUT2D eigenvalue weighted by Gasteiger charge is 2.15. The standard InChI is InChI=1S/C10H12Cl2O2/c1-14-6-7-3-2-4-8(5-7)9(13)10(11)12/h2-5,9-10,13H,6H2,1H3. The van der Waals surface area contributed by atoms with E-state index in [1.807, 2.05) is 18.2 Å². The fourth-order valence-electron chi connectivity index (χ4n) is 1.18. The summed E-state index contributed by atoms with van der Waals surface area (Å²) in [6, 6.07) is 7.35. The predicted molar refractivity (Wildman–Crippen MR) is 57.6 cm³/mol. The van der Waals surface area contributed by atoms with E-state index < -0.39 is 10.9 Å². The second-order valence-electron chi connectivity index (χ2n) is 2.96. The molecule has 1 rings (SSSR count). The van der Waals surface area contributed by atoms with E-state index in [1.165, 1.54) is 0 Å². The molecule has 0 radical (unpaired) electrons. The van der Waals surface area contributed by atoms with Crippen molar-refractivity contribution in [3.8, 4) is 0 Å². The number of rotatable bonds is 4. The molecule has 2 nitrogen and oxygen atoms in total. The molecule has 1 unspecified atom stereocenters. The van der Waals surface area contributed by atoms with Crippen LogP contribution in [0.2, 0.25) is 0 Å². The molecule has 0 aliphatic carbocycles. The number of methoxy groups -OCH3 is 1. The highest BCUT2D eigenvalue weighted by atomic mass is 35.5. The van der Waals surface area contributed by atoms with Crippen LogP contribution in [0.4, 0.5) is 0 Å². The van der Waals surface area contributed by atoms with Gasteiger partial charge in [-0.2, -0.15) is 0 Å². The molecule has 0 fully saturated rings. The lowest BCUT2D eigenvalue weighted by Crippen LogP contribution is -2.06. The number of hydrogen-bond donors (Lipinski definition) is 1. The minimum absolute atomic E-state index is 0.510. The molecule has 0 spiro atoms. The summed E-state index contributed by atoms with van der Waals surface area (Å²) in [5, 5.41) is 9.59. The van der Waals surface area contributed by atoms with Crippen LogP contribution in [0.25, 0.3) is 0 Å². The van der Waals surface area contributed by atoms with Crippen LogP contribution in [0.5, 0.6) is 0 Å². The van der Waals surface area contributed by atoms with Crippen molar-refractivity contribution in [2.45, 2.75) is 17.5 Å². The van der Waals surface area contributed by atoms with Gasteiger partial charge in [0.15, 0.2) is 0 Å². The van der Waals surface area contributed by atoms with E-state index in [-0.39, 0.29) is 0 Å². The first kappa shape index (κ1) is 11.8. The van der Waals surface area contributed by atoms with Gasteiger partial charge in [-0.15, -0.1) is 23.2 Å². The molecule has 1 aromatic rings. The lowest BCUT2D eigenvalue weighted by Gasteiger charge is -2.12. The second kappa shape index (κ2) is 5.56. The summed E-state index contributed by atoms with van der Waals surface area (Å²) in [4.78, 5) is -0.812. The molecule has 0 amide bonds. The van der Waals surface area contributed by atoms with Gasteiger partial charge in [0.25, 0.3) is 0 Å². The molecule has 0 aromatic heterocycles. The van der Waals surface area contributed by atoms with E-state index in [2.05, 4.69) is 0 Å². The van der Waals surface area contributed by atoms with Crippen LogP contribution in [0.3, 0.4) is 0 Å². The highest BCUT2D eigenvalue weighted by Crippen LogP contribution is 2.24. The molecule has 0 saturated carbocycles. The maximum atomic E-state index is 9.59. The summed E-state index contributed by atoms with van der Waals surface area (Å²) in [7, 11) is 1.62. The average Bonchev–Trinajstić information content (AvgIpc) is 2.17. The third-order valence-corrected chi connectivity index (χ3v) is 2.32. The minimum Gasteiger partial charge on any atom is -0.386 e. The van der Waals surface area contributed by atoms with Gasteiger partial charge in [-0.3, -0.25) is 0 Å². The summed E-state index contributed by atoms with van der Waals surface area (Å²) in [5.41, 5.74) is 1.69. The van der Waals surface area contributed by atoms with Crippen molar-refractivity contribution in [2.24, 2.45) is 0 Å². The molecule has 0 aliphatic heterocycles. The Morgan fingerprint density at radius 2 is 2.14 bits per heavy atom. The third kappa shape index (κ3) is 3.14. The Labute approximate surface area is 93.4 Å². The molecule has 0 aliphatic rings. The molecule has 1 N–H and O–H groups in total. The summed E-state index contributed by atoms with van der Waals surface area (Å²) >= 11 is 11.2. The zero-order valence-corrected chi connectivity index (χ0v) is 9.29. The number of ether oxygens (including phenoxy) is 1. The number of aliphatic hydroxyl groups excluding tert-OH is 1. The fraction of sp³-hybridized carbons (Fsp3) is 0.400. The lowest BCUT2D eigenvalue weighted by molar-refractivity contribution is 0.182. The van der Waals surface area contributed by atoms with Crippen molar-refractivity contribution in [1.29, 1.82) is 0 Å². The Bertz CT molecular complexity index is 289.